The van der Waals surface area contributed by atoms with Crippen LogP contribution in [0.4, 0.5) is 4.39 Å². The van der Waals surface area contributed by atoms with Gasteiger partial charge in [0.2, 0.25) is 5.91 Å². The molecule has 0 saturated heterocycles. The van der Waals surface area contributed by atoms with Gasteiger partial charge in [0.1, 0.15) is 5.82 Å². The molecule has 0 atom stereocenters. The fourth-order valence-corrected chi connectivity index (χ4v) is 1.50. The van der Waals surface area contributed by atoms with Gasteiger partial charge in [0.05, 0.1) is 12.2 Å². The molecule has 0 aliphatic carbocycles. The van der Waals surface area contributed by atoms with Crippen molar-refractivity contribution in [3.8, 4) is 5.69 Å². The Morgan fingerprint density at radius 1 is 1.53 bits per heavy atom. The number of amides is 1. The van der Waals surface area contributed by atoms with Gasteiger partial charge in [-0.25, -0.2) is 4.39 Å². The largest absolute Gasteiger partial charge is 0.345 e. The number of carbonyl (C=O) groups excluding carboxylic acids is 1. The van der Waals surface area contributed by atoms with Crippen molar-refractivity contribution in [2.24, 2.45) is 0 Å². The van der Waals surface area contributed by atoms with Gasteiger partial charge in [0.15, 0.2) is 5.82 Å². The summed E-state index contributed by atoms with van der Waals surface area (Å²) >= 11 is 0. The van der Waals surface area contributed by atoms with Crippen LogP contribution in [-0.2, 0) is 11.3 Å². The third kappa shape index (κ3) is 3.21. The lowest BCUT2D eigenvalue weighted by Crippen LogP contribution is -2.22. The normalized spacial score (nSPS) is 10.8. The predicted octanol–water partition coefficient (Wildman–Crippen LogP) is 0.994. The van der Waals surface area contributed by atoms with E-state index in [2.05, 4.69) is 20.8 Å². The van der Waals surface area contributed by atoms with Gasteiger partial charge in [-0.2, -0.15) is 4.68 Å². The molecule has 0 aliphatic heterocycles. The van der Waals surface area contributed by atoms with Crippen molar-refractivity contribution in [1.29, 1.82) is 0 Å². The van der Waals surface area contributed by atoms with Crippen molar-refractivity contribution in [3.05, 3.63) is 48.1 Å². The molecule has 2 aromatic rings. The van der Waals surface area contributed by atoms with Gasteiger partial charge in [-0.1, -0.05) is 12.1 Å². The Morgan fingerprint density at radius 3 is 3.11 bits per heavy atom. The highest BCUT2D eigenvalue weighted by Gasteiger charge is 2.09. The Bertz CT molecular complexity index is 608. The summed E-state index contributed by atoms with van der Waals surface area (Å²) in [5.74, 6) is -0.198. The maximum Gasteiger partial charge on any atom is 0.244 e. The van der Waals surface area contributed by atoms with Crippen LogP contribution >= 0.6 is 0 Å². The van der Waals surface area contributed by atoms with Crippen LogP contribution in [0.5, 0.6) is 0 Å². The van der Waals surface area contributed by atoms with Gasteiger partial charge < -0.3 is 5.32 Å². The van der Waals surface area contributed by atoms with Gasteiger partial charge >= 0.3 is 0 Å². The quantitative estimate of drug-likeness (QED) is 0.833. The van der Waals surface area contributed by atoms with Crippen molar-refractivity contribution in [2.75, 3.05) is 0 Å². The number of hydrogen-bond donors (Lipinski definition) is 1. The van der Waals surface area contributed by atoms with E-state index in [0.717, 1.165) is 0 Å². The van der Waals surface area contributed by atoms with Crippen LogP contribution in [0.3, 0.4) is 0 Å². The molecule has 0 radical (unpaired) electrons. The molecule has 98 valence electrons. The highest BCUT2D eigenvalue weighted by atomic mass is 19.1. The van der Waals surface area contributed by atoms with Crippen molar-refractivity contribution >= 4 is 5.91 Å². The van der Waals surface area contributed by atoms with E-state index in [9.17, 15) is 9.18 Å². The number of rotatable bonds is 4. The number of aromatic nitrogens is 4. The van der Waals surface area contributed by atoms with Gasteiger partial charge in [0.25, 0.3) is 0 Å². The van der Waals surface area contributed by atoms with Crippen LogP contribution < -0.4 is 5.32 Å². The summed E-state index contributed by atoms with van der Waals surface area (Å²) in [6.07, 6.45) is 3.03. The molecule has 2 rings (SSSR count). The Morgan fingerprint density at radius 2 is 2.37 bits per heavy atom. The van der Waals surface area contributed by atoms with E-state index in [1.807, 2.05) is 0 Å². The topological polar surface area (TPSA) is 72.7 Å². The van der Waals surface area contributed by atoms with Crippen LogP contribution in [0.15, 0.2) is 36.4 Å². The van der Waals surface area contributed by atoms with Gasteiger partial charge in [-0.3, -0.25) is 4.79 Å². The zero-order valence-corrected chi connectivity index (χ0v) is 10.2. The minimum Gasteiger partial charge on any atom is -0.345 e. The van der Waals surface area contributed by atoms with Crippen molar-refractivity contribution in [3.63, 3.8) is 0 Å². The maximum absolute atomic E-state index is 13.1. The number of nitrogens with one attached hydrogen (secondary N) is 1. The number of allylic oxidation sites excluding steroid dienone is 1. The second-order valence-corrected chi connectivity index (χ2v) is 3.70. The van der Waals surface area contributed by atoms with Gasteiger partial charge in [0, 0.05) is 0 Å². The van der Waals surface area contributed by atoms with E-state index in [1.165, 1.54) is 22.9 Å². The highest BCUT2D eigenvalue weighted by molar-refractivity contribution is 5.87. The minimum absolute atomic E-state index is 0.159. The number of hydrogen-bond acceptors (Lipinski definition) is 4. The summed E-state index contributed by atoms with van der Waals surface area (Å²) in [6, 6.07) is 5.89. The summed E-state index contributed by atoms with van der Waals surface area (Å²) in [4.78, 5) is 11.3. The Hall–Kier alpha value is -2.57. The number of tetrazole rings is 1. The lowest BCUT2D eigenvalue weighted by atomic mass is 10.3. The van der Waals surface area contributed by atoms with Crippen LogP contribution in [0, 0.1) is 5.82 Å². The predicted molar refractivity (Wildman–Crippen MR) is 65.8 cm³/mol. The molecule has 0 saturated carbocycles. The molecule has 1 N–H and O–H groups in total. The summed E-state index contributed by atoms with van der Waals surface area (Å²) in [7, 11) is 0. The summed E-state index contributed by atoms with van der Waals surface area (Å²) in [5.41, 5.74) is 0.500. The van der Waals surface area contributed by atoms with Crippen LogP contribution in [-0.4, -0.2) is 26.1 Å². The van der Waals surface area contributed by atoms with Crippen LogP contribution in [0.1, 0.15) is 12.7 Å². The van der Waals surface area contributed by atoms with Crippen LogP contribution in [0.2, 0.25) is 0 Å². The first-order chi connectivity index (χ1) is 9.20. The molecule has 0 bridgehead atoms. The van der Waals surface area contributed by atoms with E-state index in [0.29, 0.717) is 11.5 Å². The number of benzene rings is 1. The lowest BCUT2D eigenvalue weighted by molar-refractivity contribution is -0.116. The van der Waals surface area contributed by atoms with E-state index < -0.39 is 0 Å². The van der Waals surface area contributed by atoms with Crippen molar-refractivity contribution in [1.82, 2.24) is 25.5 Å². The lowest BCUT2D eigenvalue weighted by Gasteiger charge is -2.04. The fourth-order valence-electron chi connectivity index (χ4n) is 1.50. The minimum atomic E-state index is -0.378. The second-order valence-electron chi connectivity index (χ2n) is 3.70. The molecular weight excluding hydrogens is 249 g/mol. The first-order valence-corrected chi connectivity index (χ1v) is 5.64. The van der Waals surface area contributed by atoms with Crippen molar-refractivity contribution in [2.45, 2.75) is 13.5 Å². The first-order valence-electron chi connectivity index (χ1n) is 5.64. The Labute approximate surface area is 108 Å². The Kier molecular flexibility index (Phi) is 3.97. The average molecular weight is 261 g/mol. The second kappa shape index (κ2) is 5.85. The third-order valence-corrected chi connectivity index (χ3v) is 2.33. The number of nitrogens with zero attached hydrogens (tertiary/aromatic N) is 4. The zero-order valence-electron chi connectivity index (χ0n) is 10.2. The summed E-state index contributed by atoms with van der Waals surface area (Å²) in [5, 5.41) is 13.7. The molecule has 1 aromatic carbocycles. The summed E-state index contributed by atoms with van der Waals surface area (Å²) < 4.78 is 14.5. The molecule has 0 spiro atoms. The zero-order chi connectivity index (χ0) is 13.7. The van der Waals surface area contributed by atoms with E-state index >= 15 is 0 Å². The molecule has 19 heavy (non-hydrogen) atoms. The molecule has 6 nitrogen and oxygen atoms in total. The van der Waals surface area contributed by atoms with Crippen molar-refractivity contribution < 1.29 is 9.18 Å². The van der Waals surface area contributed by atoms with Gasteiger partial charge in [-0.05, 0) is 41.6 Å². The third-order valence-electron chi connectivity index (χ3n) is 2.33. The van der Waals surface area contributed by atoms with E-state index in [1.54, 1.807) is 25.1 Å². The monoisotopic (exact) mass is 261 g/mol. The fraction of sp³-hybridized carbons (Fsp3) is 0.167. The molecule has 0 unspecified atom stereocenters. The smallest absolute Gasteiger partial charge is 0.244 e. The molecule has 1 amide bonds. The average Bonchev–Trinajstić information content (AvgIpc) is 2.85. The Balaban J connectivity index is 2.16. The van der Waals surface area contributed by atoms with E-state index in [-0.39, 0.29) is 18.3 Å². The standard InChI is InChI=1S/C12H12FN5O/c1-2-4-12(19)14-8-11-15-16-17-18(11)10-6-3-5-9(13)7-10/h2-7H,8H2,1H3,(H,14,19)/b4-2-. The molecule has 1 heterocycles. The van der Waals surface area contributed by atoms with Crippen LogP contribution in [0.25, 0.3) is 5.69 Å². The molecule has 1 aromatic heterocycles. The van der Waals surface area contributed by atoms with Gasteiger partial charge in [-0.15, -0.1) is 5.10 Å². The van der Waals surface area contributed by atoms with E-state index in [4.69, 9.17) is 0 Å². The maximum atomic E-state index is 13.1. The SMILES string of the molecule is C/C=C\C(=O)NCc1nnnn1-c1cccc(F)c1. The first kappa shape index (κ1) is 12.9. The number of halogens is 1. The highest BCUT2D eigenvalue weighted by Crippen LogP contribution is 2.09. The summed E-state index contributed by atoms with van der Waals surface area (Å²) in [6.45, 7) is 1.91. The number of carbonyl (C=O) groups is 1. The molecular formula is C12H12FN5O. The molecule has 7 heteroatoms. The molecule has 0 aliphatic rings. The molecule has 0 fully saturated rings.